The van der Waals surface area contributed by atoms with Crippen LogP contribution in [-0.4, -0.2) is 30.7 Å². The van der Waals surface area contributed by atoms with Crippen LogP contribution in [0.5, 0.6) is 0 Å². The van der Waals surface area contributed by atoms with Gasteiger partial charge in [-0.25, -0.2) is 0 Å². The maximum atomic E-state index is 12.2. The molecular formula is C32H32Br2N8O. The molecule has 220 valence electrons. The van der Waals surface area contributed by atoms with Crippen molar-refractivity contribution in [3.63, 3.8) is 0 Å². The minimum Gasteiger partial charge on any atom is -0.383 e. The van der Waals surface area contributed by atoms with Gasteiger partial charge in [0, 0.05) is 47.5 Å². The first-order valence-electron chi connectivity index (χ1n) is 13.7. The number of hydrogen-bond acceptors (Lipinski definition) is 4. The number of halogens is 2. The number of hydrogen-bond donors (Lipinski definition) is 4. The Bertz CT molecular complexity index is 2000. The summed E-state index contributed by atoms with van der Waals surface area (Å²) in [6.45, 7) is 1.65. The number of aryl methyl sites for hydroxylation is 2. The molecule has 4 N–H and O–H groups in total. The van der Waals surface area contributed by atoms with E-state index in [0.717, 1.165) is 55.5 Å². The van der Waals surface area contributed by atoms with E-state index in [9.17, 15) is 4.79 Å². The Kier molecular flexibility index (Phi) is 9.32. The Morgan fingerprint density at radius 1 is 0.651 bits per heavy atom. The summed E-state index contributed by atoms with van der Waals surface area (Å²) in [5.41, 5.74) is 6.64. The van der Waals surface area contributed by atoms with Gasteiger partial charge in [0.25, 0.3) is 0 Å². The average molecular weight is 704 g/mol. The van der Waals surface area contributed by atoms with E-state index in [1.165, 1.54) is 0 Å². The van der Waals surface area contributed by atoms with Crippen molar-refractivity contribution in [3.8, 4) is 0 Å². The summed E-state index contributed by atoms with van der Waals surface area (Å²) < 4.78 is 9.44. The number of rotatable bonds is 7. The molecule has 0 saturated carbocycles. The highest BCUT2D eigenvalue weighted by Gasteiger charge is 2.11. The van der Waals surface area contributed by atoms with Gasteiger partial charge < -0.3 is 28.9 Å². The molecule has 0 fully saturated rings. The number of aromatic nitrogens is 4. The fourth-order valence-electron chi connectivity index (χ4n) is 4.91. The summed E-state index contributed by atoms with van der Waals surface area (Å²) in [6.07, 6.45) is 0. The SMILES string of the molecule is Cn1c(=N)n(CC(=O)Nc2ccc(Br)cc2)c2ccccc21.Cn1c(=N)n(CCNc2ccc(Br)cc2)c2ccccc21. The van der Waals surface area contributed by atoms with Crippen LogP contribution in [0.15, 0.2) is 106 Å². The summed E-state index contributed by atoms with van der Waals surface area (Å²) in [7, 11) is 3.76. The van der Waals surface area contributed by atoms with E-state index < -0.39 is 0 Å². The zero-order valence-electron chi connectivity index (χ0n) is 23.8. The fraction of sp³-hybridized carbons (Fsp3) is 0.156. The van der Waals surface area contributed by atoms with Gasteiger partial charge in [-0.15, -0.1) is 0 Å². The van der Waals surface area contributed by atoms with E-state index in [2.05, 4.69) is 48.6 Å². The second kappa shape index (κ2) is 13.3. The van der Waals surface area contributed by atoms with E-state index >= 15 is 0 Å². The molecule has 43 heavy (non-hydrogen) atoms. The van der Waals surface area contributed by atoms with Gasteiger partial charge in [-0.3, -0.25) is 15.6 Å². The fourth-order valence-corrected chi connectivity index (χ4v) is 5.44. The molecule has 11 heteroatoms. The molecule has 2 heterocycles. The van der Waals surface area contributed by atoms with Crippen LogP contribution in [0, 0.1) is 10.8 Å². The van der Waals surface area contributed by atoms with Crippen molar-refractivity contribution in [3.05, 3.63) is 117 Å². The lowest BCUT2D eigenvalue weighted by Crippen LogP contribution is -2.28. The first kappa shape index (κ1) is 30.1. The maximum absolute atomic E-state index is 12.2. The van der Waals surface area contributed by atoms with Crippen LogP contribution in [0.3, 0.4) is 0 Å². The molecular weight excluding hydrogens is 672 g/mol. The van der Waals surface area contributed by atoms with E-state index in [1.807, 2.05) is 114 Å². The number of nitrogens with one attached hydrogen (secondary N) is 4. The van der Waals surface area contributed by atoms with Gasteiger partial charge in [0.2, 0.25) is 17.1 Å². The number of carbonyl (C=O) groups is 1. The van der Waals surface area contributed by atoms with Crippen LogP contribution in [-0.2, 0) is 32.0 Å². The molecule has 0 atom stereocenters. The number of para-hydroxylation sites is 4. The van der Waals surface area contributed by atoms with Crippen molar-refractivity contribution in [2.45, 2.75) is 13.1 Å². The lowest BCUT2D eigenvalue weighted by atomic mass is 10.3. The molecule has 0 aliphatic heterocycles. The Morgan fingerprint density at radius 3 is 1.63 bits per heavy atom. The van der Waals surface area contributed by atoms with Crippen molar-refractivity contribution in [1.82, 2.24) is 18.3 Å². The number of nitrogens with zero attached hydrogens (tertiary/aromatic N) is 4. The summed E-state index contributed by atoms with van der Waals surface area (Å²) >= 11 is 6.79. The molecule has 0 aliphatic rings. The van der Waals surface area contributed by atoms with E-state index in [-0.39, 0.29) is 12.5 Å². The first-order valence-corrected chi connectivity index (χ1v) is 15.2. The molecule has 6 aromatic rings. The highest BCUT2D eigenvalue weighted by Crippen LogP contribution is 2.16. The van der Waals surface area contributed by atoms with Gasteiger partial charge in [-0.1, -0.05) is 56.1 Å². The smallest absolute Gasteiger partial charge is 0.244 e. The summed E-state index contributed by atoms with van der Waals surface area (Å²) in [4.78, 5) is 12.2. The standard InChI is InChI=1S/C16H15BrN4O.C16H17BrN4/c1-20-13-4-2-3-5-14(13)21(16(20)18)10-15(22)19-12-8-6-11(17)7-9-12;1-20-14-4-2-3-5-15(14)21(16(20)18)11-10-19-13-8-6-12(17)7-9-13/h2-9,18H,10H2,1H3,(H,19,22);2-9,18-19H,10-11H2,1H3. The number of benzene rings is 4. The Hall–Kier alpha value is -4.35. The van der Waals surface area contributed by atoms with E-state index in [0.29, 0.717) is 11.2 Å². The third-order valence-corrected chi connectivity index (χ3v) is 8.21. The Morgan fingerprint density at radius 2 is 1.09 bits per heavy atom. The Labute approximate surface area is 265 Å². The lowest BCUT2D eigenvalue weighted by Gasteiger charge is -2.08. The average Bonchev–Trinajstić information content (AvgIpc) is 3.40. The zero-order valence-corrected chi connectivity index (χ0v) is 27.0. The number of carbonyl (C=O) groups excluding carboxylic acids is 1. The van der Waals surface area contributed by atoms with Crippen LogP contribution in [0.4, 0.5) is 11.4 Å². The molecule has 1 amide bonds. The normalized spacial score (nSPS) is 10.9. The van der Waals surface area contributed by atoms with Crippen molar-refractivity contribution in [2.75, 3.05) is 17.2 Å². The van der Waals surface area contributed by atoms with Gasteiger partial charge >= 0.3 is 0 Å². The minimum atomic E-state index is -0.155. The quantitative estimate of drug-likeness (QED) is 0.159. The van der Waals surface area contributed by atoms with Crippen LogP contribution in [0.25, 0.3) is 22.1 Å². The Balaban J connectivity index is 0.000000171. The molecule has 0 spiro atoms. The van der Waals surface area contributed by atoms with Gasteiger partial charge in [-0.05, 0) is 72.8 Å². The topological polar surface area (TPSA) is 109 Å². The highest BCUT2D eigenvalue weighted by atomic mass is 79.9. The third kappa shape index (κ3) is 6.84. The van der Waals surface area contributed by atoms with Crippen LogP contribution in [0.1, 0.15) is 0 Å². The molecule has 2 aromatic heterocycles. The second-order valence-corrected chi connectivity index (χ2v) is 11.8. The monoisotopic (exact) mass is 702 g/mol. The predicted octanol–water partition coefficient (Wildman–Crippen LogP) is 6.19. The highest BCUT2D eigenvalue weighted by molar-refractivity contribution is 9.10. The van der Waals surface area contributed by atoms with Crippen molar-refractivity contribution < 1.29 is 4.79 Å². The van der Waals surface area contributed by atoms with Crippen LogP contribution in [0.2, 0.25) is 0 Å². The molecule has 4 aromatic carbocycles. The molecule has 0 unspecified atom stereocenters. The minimum absolute atomic E-state index is 0.107. The molecule has 0 bridgehead atoms. The van der Waals surface area contributed by atoms with Gasteiger partial charge in [-0.2, -0.15) is 0 Å². The number of fused-ring (bicyclic) bond motifs is 2. The first-order chi connectivity index (χ1) is 20.7. The summed E-state index contributed by atoms with van der Waals surface area (Å²) in [5.74, 6) is -0.155. The zero-order chi connectivity index (χ0) is 30.5. The van der Waals surface area contributed by atoms with Crippen molar-refractivity contribution >= 4 is 71.2 Å². The summed E-state index contributed by atoms with van der Waals surface area (Å²) in [5, 5.41) is 22.6. The number of amides is 1. The third-order valence-electron chi connectivity index (χ3n) is 7.15. The second-order valence-electron chi connectivity index (χ2n) is 9.97. The molecule has 0 radical (unpaired) electrons. The van der Waals surface area contributed by atoms with Crippen LogP contribution >= 0.6 is 31.9 Å². The number of imidazole rings is 2. The van der Waals surface area contributed by atoms with Gasteiger partial charge in [0.1, 0.15) is 6.54 Å². The van der Waals surface area contributed by atoms with Crippen LogP contribution < -0.4 is 21.9 Å². The van der Waals surface area contributed by atoms with E-state index in [1.54, 1.807) is 9.13 Å². The molecule has 9 nitrogen and oxygen atoms in total. The molecule has 6 rings (SSSR count). The number of anilines is 2. The molecule has 0 saturated heterocycles. The van der Waals surface area contributed by atoms with E-state index in [4.69, 9.17) is 10.8 Å². The van der Waals surface area contributed by atoms with Crippen molar-refractivity contribution in [2.24, 2.45) is 14.1 Å². The lowest BCUT2D eigenvalue weighted by molar-refractivity contribution is -0.116. The summed E-state index contributed by atoms with van der Waals surface area (Å²) in [6, 6.07) is 31.3. The predicted molar refractivity (Wildman–Crippen MR) is 179 cm³/mol. The van der Waals surface area contributed by atoms with Gasteiger partial charge in [0.05, 0.1) is 22.1 Å². The van der Waals surface area contributed by atoms with Crippen molar-refractivity contribution in [1.29, 1.82) is 10.8 Å². The maximum Gasteiger partial charge on any atom is 0.244 e. The molecule has 0 aliphatic carbocycles. The largest absolute Gasteiger partial charge is 0.383 e. The van der Waals surface area contributed by atoms with Gasteiger partial charge in [0.15, 0.2) is 0 Å².